The van der Waals surface area contributed by atoms with E-state index in [9.17, 15) is 4.39 Å². The molecule has 4 aliphatic rings. The third kappa shape index (κ3) is 4.07. The molecular weight excluding hydrogens is 488 g/mol. The van der Waals surface area contributed by atoms with Crippen molar-refractivity contribution in [3.63, 3.8) is 0 Å². The minimum Gasteiger partial charge on any atom is -0.467 e. The Balaban J connectivity index is 0.00000205. The van der Waals surface area contributed by atoms with E-state index < -0.39 is 0 Å². The van der Waals surface area contributed by atoms with Gasteiger partial charge in [0.25, 0.3) is 0 Å². The van der Waals surface area contributed by atoms with Gasteiger partial charge < -0.3 is 24.4 Å². The summed E-state index contributed by atoms with van der Waals surface area (Å²) in [4.78, 5) is 7.24. The van der Waals surface area contributed by atoms with Crippen LogP contribution in [0.15, 0.2) is 17.1 Å². The molecular formula is C21H29FIN3O3. The van der Waals surface area contributed by atoms with Crippen LogP contribution in [-0.4, -0.2) is 56.0 Å². The van der Waals surface area contributed by atoms with Gasteiger partial charge in [-0.25, -0.2) is 4.39 Å². The molecule has 0 spiro atoms. The van der Waals surface area contributed by atoms with Crippen molar-refractivity contribution in [2.45, 2.75) is 45.0 Å². The molecule has 0 radical (unpaired) electrons. The molecule has 0 aliphatic carbocycles. The first-order valence-corrected chi connectivity index (χ1v) is 10.4. The molecule has 3 saturated heterocycles. The molecule has 0 saturated carbocycles. The number of aliphatic imine (C=N–C) groups is 1. The van der Waals surface area contributed by atoms with Gasteiger partial charge >= 0.3 is 0 Å². The number of nitrogens with one attached hydrogen (secondary N) is 1. The molecule has 6 nitrogen and oxygen atoms in total. The van der Waals surface area contributed by atoms with Crippen LogP contribution in [0.3, 0.4) is 0 Å². The summed E-state index contributed by atoms with van der Waals surface area (Å²) in [5.41, 5.74) is 1.64. The quantitative estimate of drug-likeness (QED) is 0.379. The van der Waals surface area contributed by atoms with Gasteiger partial charge in [0.05, 0.1) is 18.8 Å². The highest BCUT2D eigenvalue weighted by Gasteiger charge is 2.53. The fourth-order valence-corrected chi connectivity index (χ4v) is 5.28. The van der Waals surface area contributed by atoms with Gasteiger partial charge in [0.15, 0.2) is 12.8 Å². The Hall–Kier alpha value is -1.13. The Morgan fingerprint density at radius 1 is 1.24 bits per heavy atom. The number of halogens is 2. The van der Waals surface area contributed by atoms with E-state index in [1.165, 1.54) is 18.9 Å². The highest BCUT2D eigenvalue weighted by atomic mass is 127. The average molecular weight is 517 g/mol. The number of likely N-dealkylation sites (tertiary alicyclic amines) is 1. The van der Waals surface area contributed by atoms with Crippen LogP contribution in [0.5, 0.6) is 5.75 Å². The maximum absolute atomic E-state index is 13.9. The molecule has 5 rings (SSSR count). The Morgan fingerprint density at radius 2 is 2.00 bits per heavy atom. The zero-order chi connectivity index (χ0) is 19.1. The van der Waals surface area contributed by atoms with Crippen molar-refractivity contribution in [2.75, 3.05) is 33.0 Å². The van der Waals surface area contributed by atoms with Gasteiger partial charge in [-0.15, -0.1) is 24.0 Å². The molecule has 4 unspecified atom stereocenters. The molecule has 4 aliphatic heterocycles. The first kappa shape index (κ1) is 21.1. The topological polar surface area (TPSA) is 55.3 Å². The molecule has 4 heterocycles. The van der Waals surface area contributed by atoms with Gasteiger partial charge in [-0.2, -0.15) is 0 Å². The predicted octanol–water partition coefficient (Wildman–Crippen LogP) is 2.93. The number of rotatable bonds is 4. The number of fused-ring (bicyclic) bond motifs is 6. The van der Waals surface area contributed by atoms with Crippen LogP contribution in [0.4, 0.5) is 4.39 Å². The van der Waals surface area contributed by atoms with Gasteiger partial charge in [-0.3, -0.25) is 4.99 Å². The monoisotopic (exact) mass is 517 g/mol. The summed E-state index contributed by atoms with van der Waals surface area (Å²) >= 11 is 0. The molecule has 1 N–H and O–H groups in total. The molecule has 0 amide bonds. The Labute approximate surface area is 188 Å². The number of benzene rings is 1. The van der Waals surface area contributed by atoms with E-state index in [2.05, 4.69) is 17.1 Å². The molecule has 160 valence electrons. The first-order valence-electron chi connectivity index (χ1n) is 10.4. The third-order valence-corrected chi connectivity index (χ3v) is 6.48. The molecule has 1 aromatic carbocycles. The summed E-state index contributed by atoms with van der Waals surface area (Å²) in [5.74, 6) is 2.77. The zero-order valence-electron chi connectivity index (χ0n) is 16.7. The zero-order valence-corrected chi connectivity index (χ0v) is 19.1. The van der Waals surface area contributed by atoms with Crippen molar-refractivity contribution >= 4 is 29.9 Å². The summed E-state index contributed by atoms with van der Waals surface area (Å²) in [7, 11) is 0. The predicted molar refractivity (Wildman–Crippen MR) is 118 cm³/mol. The number of nitrogens with zero attached hydrogens (tertiary/aromatic N) is 2. The smallest absolute Gasteiger partial charge is 0.193 e. The lowest BCUT2D eigenvalue weighted by atomic mass is 9.82. The standard InChI is InChI=1S/C21H28FN3O3.HI/c1-2-23-21(25-9-16-17(10-25)19-4-3-18(16)28-19)24-6-5-13-7-15(22)8-14-11-26-12-27-20(13)14;/h7-8,16-19H,2-6,9-12H2,1H3,(H,23,24);1H. The van der Waals surface area contributed by atoms with Crippen molar-refractivity contribution in [3.05, 3.63) is 29.1 Å². The van der Waals surface area contributed by atoms with Crippen LogP contribution >= 0.6 is 24.0 Å². The lowest BCUT2D eigenvalue weighted by Gasteiger charge is -2.24. The van der Waals surface area contributed by atoms with E-state index >= 15 is 0 Å². The van der Waals surface area contributed by atoms with E-state index in [0.29, 0.717) is 43.6 Å². The van der Waals surface area contributed by atoms with Crippen molar-refractivity contribution in [3.8, 4) is 5.75 Å². The van der Waals surface area contributed by atoms with Crippen molar-refractivity contribution in [1.29, 1.82) is 0 Å². The third-order valence-electron chi connectivity index (χ3n) is 6.48. The second kappa shape index (κ2) is 8.93. The largest absolute Gasteiger partial charge is 0.467 e. The van der Waals surface area contributed by atoms with Crippen LogP contribution in [0.1, 0.15) is 30.9 Å². The molecule has 2 bridgehead atoms. The molecule has 29 heavy (non-hydrogen) atoms. The van der Waals surface area contributed by atoms with Crippen molar-refractivity contribution in [2.24, 2.45) is 16.8 Å². The van der Waals surface area contributed by atoms with Crippen LogP contribution in [0.25, 0.3) is 0 Å². The second-order valence-corrected chi connectivity index (χ2v) is 8.17. The fourth-order valence-electron chi connectivity index (χ4n) is 5.28. The van der Waals surface area contributed by atoms with Gasteiger partial charge in [0, 0.05) is 43.6 Å². The highest BCUT2D eigenvalue weighted by Crippen LogP contribution is 2.47. The van der Waals surface area contributed by atoms with Gasteiger partial charge in [-0.05, 0) is 43.9 Å². The van der Waals surface area contributed by atoms with Crippen LogP contribution in [-0.2, 0) is 22.5 Å². The summed E-state index contributed by atoms with van der Waals surface area (Å²) in [6.45, 7) is 6.18. The molecule has 0 aromatic heterocycles. The second-order valence-electron chi connectivity index (χ2n) is 8.17. The van der Waals surface area contributed by atoms with E-state index in [1.54, 1.807) is 6.07 Å². The maximum atomic E-state index is 13.9. The molecule has 1 aromatic rings. The minimum absolute atomic E-state index is 0. The van der Waals surface area contributed by atoms with Gasteiger partial charge in [-0.1, -0.05) is 0 Å². The van der Waals surface area contributed by atoms with Crippen LogP contribution < -0.4 is 10.1 Å². The number of ether oxygens (including phenoxy) is 3. The summed E-state index contributed by atoms with van der Waals surface area (Å²) in [6, 6.07) is 3.05. The Morgan fingerprint density at radius 3 is 2.72 bits per heavy atom. The van der Waals surface area contributed by atoms with E-state index in [1.807, 2.05) is 0 Å². The summed E-state index contributed by atoms with van der Waals surface area (Å²) in [5, 5.41) is 3.43. The lowest BCUT2D eigenvalue weighted by molar-refractivity contribution is -0.0172. The summed E-state index contributed by atoms with van der Waals surface area (Å²) in [6.07, 6.45) is 3.95. The Kier molecular flexibility index (Phi) is 6.50. The van der Waals surface area contributed by atoms with Crippen LogP contribution in [0, 0.1) is 17.7 Å². The van der Waals surface area contributed by atoms with E-state index in [-0.39, 0.29) is 36.6 Å². The highest BCUT2D eigenvalue weighted by molar-refractivity contribution is 14.0. The van der Waals surface area contributed by atoms with Crippen LogP contribution in [0.2, 0.25) is 0 Å². The molecule has 3 fully saturated rings. The number of hydrogen-bond donors (Lipinski definition) is 1. The minimum atomic E-state index is -0.249. The Bertz CT molecular complexity index is 760. The van der Waals surface area contributed by atoms with Gasteiger partial charge in [0.1, 0.15) is 11.6 Å². The van der Waals surface area contributed by atoms with Gasteiger partial charge in [0.2, 0.25) is 0 Å². The summed E-state index contributed by atoms with van der Waals surface area (Å²) < 4.78 is 30.9. The van der Waals surface area contributed by atoms with Crippen molar-refractivity contribution < 1.29 is 18.6 Å². The fraction of sp³-hybridized carbons (Fsp3) is 0.667. The van der Waals surface area contributed by atoms with E-state index in [4.69, 9.17) is 19.2 Å². The number of hydrogen-bond acceptors (Lipinski definition) is 4. The molecule has 4 atom stereocenters. The van der Waals surface area contributed by atoms with Crippen molar-refractivity contribution in [1.82, 2.24) is 10.2 Å². The SMILES string of the molecule is CCNC(=NCCc1cc(F)cc2c1OCOC2)N1CC2C3CCC(O3)C2C1.I. The normalized spacial score (nSPS) is 29.9. The maximum Gasteiger partial charge on any atom is 0.193 e. The van der Waals surface area contributed by atoms with E-state index in [0.717, 1.165) is 42.5 Å². The molecule has 8 heteroatoms. The number of guanidine groups is 1. The average Bonchev–Trinajstić information content (AvgIpc) is 3.40. The first-order chi connectivity index (χ1) is 13.7. The lowest BCUT2D eigenvalue weighted by Crippen LogP contribution is -2.41.